The molecule has 2 aromatic heterocycles. The van der Waals surface area contributed by atoms with Gasteiger partial charge in [0.2, 0.25) is 0 Å². The van der Waals surface area contributed by atoms with Crippen LogP contribution in [-0.2, 0) is 32.2 Å². The number of hydrogen-bond donors (Lipinski definition) is 4. The summed E-state index contributed by atoms with van der Waals surface area (Å²) in [5.74, 6) is -0.532. The number of rotatable bonds is 19. The summed E-state index contributed by atoms with van der Waals surface area (Å²) in [6.07, 6.45) is 2.73. The number of anilines is 4. The number of fused-ring (bicyclic) bond motifs is 2. The Morgan fingerprint density at radius 1 is 0.781 bits per heavy atom. The maximum atomic E-state index is 14.4. The van der Waals surface area contributed by atoms with Crippen LogP contribution in [-0.4, -0.2) is 108 Å². The second-order valence-corrected chi connectivity index (χ2v) is 14.7. The van der Waals surface area contributed by atoms with E-state index in [0.717, 1.165) is 5.56 Å². The molecule has 0 spiro atoms. The van der Waals surface area contributed by atoms with E-state index in [2.05, 4.69) is 40.9 Å². The van der Waals surface area contributed by atoms with Crippen LogP contribution < -0.4 is 25.4 Å². The number of carboxylic acids is 1. The molecule has 6 aromatic rings. The highest BCUT2D eigenvalue weighted by Crippen LogP contribution is 2.34. The molecule has 0 saturated heterocycles. The highest BCUT2D eigenvalue weighted by molar-refractivity contribution is 6.37. The predicted octanol–water partition coefficient (Wildman–Crippen LogP) is 7.99. The van der Waals surface area contributed by atoms with Gasteiger partial charge in [-0.1, -0.05) is 35.3 Å². The minimum atomic E-state index is -0.942. The third-order valence-electron chi connectivity index (χ3n) is 9.76. The quantitative estimate of drug-likeness (QED) is 0.0451. The summed E-state index contributed by atoms with van der Waals surface area (Å²) >= 11 is 11.8. The van der Waals surface area contributed by atoms with Crippen LogP contribution in [0.1, 0.15) is 25.0 Å². The molecular formula is C44H47Cl2F2N9O7. The summed E-state index contributed by atoms with van der Waals surface area (Å²) in [7, 11) is 6.20. The Hall–Kier alpha value is -6.31. The largest absolute Gasteiger partial charge is 0.496 e. The van der Waals surface area contributed by atoms with Crippen molar-refractivity contribution in [2.24, 2.45) is 4.99 Å². The molecule has 0 aliphatic heterocycles. The first-order valence-electron chi connectivity index (χ1n) is 19.6. The number of carbonyl (C=O) groups excluding carboxylic acids is 1. The monoisotopic (exact) mass is 921 g/mol. The molecule has 1 atom stereocenters. The molecular weight excluding hydrogens is 875 g/mol. The number of carboxylic acid groups (broad SMARTS) is 1. The van der Waals surface area contributed by atoms with Gasteiger partial charge in [-0.15, -0.1) is 0 Å². The van der Waals surface area contributed by atoms with Gasteiger partial charge >= 0.3 is 5.97 Å². The second-order valence-electron chi connectivity index (χ2n) is 13.9. The normalized spacial score (nSPS) is 11.8. The number of halogens is 4. The predicted molar refractivity (Wildman–Crippen MR) is 243 cm³/mol. The SMILES string of the molecule is COCCN(Cc1cc2c(Nc3cccc(Cl)c3F)ncnc2cc1OC)[C@H](C)C(=O)O.COCCN=C(C)C(=O)NCc1cc2c(Nc3cccc(Cl)c3F)ncnc2cc1OC. The van der Waals surface area contributed by atoms with Gasteiger partial charge in [-0.2, -0.15) is 0 Å². The number of aliphatic imine (C=N–C) groups is 1. The van der Waals surface area contributed by atoms with Gasteiger partial charge in [0, 0.05) is 67.9 Å². The van der Waals surface area contributed by atoms with Crippen LogP contribution in [0.2, 0.25) is 10.0 Å². The van der Waals surface area contributed by atoms with Crippen molar-refractivity contribution in [1.29, 1.82) is 0 Å². The molecule has 64 heavy (non-hydrogen) atoms. The summed E-state index contributed by atoms with van der Waals surface area (Å²) in [6.45, 7) is 5.35. The van der Waals surface area contributed by atoms with E-state index in [-0.39, 0.29) is 40.4 Å². The van der Waals surface area contributed by atoms with Crippen LogP contribution in [0, 0.1) is 11.6 Å². The van der Waals surface area contributed by atoms with Gasteiger partial charge in [-0.25, -0.2) is 28.7 Å². The summed E-state index contributed by atoms with van der Waals surface area (Å²) in [5, 5.41) is 19.5. The lowest BCUT2D eigenvalue weighted by Gasteiger charge is -2.27. The van der Waals surface area contributed by atoms with E-state index in [1.807, 2.05) is 6.07 Å². The Kier molecular flexibility index (Phi) is 17.8. The first kappa shape index (κ1) is 48.7. The van der Waals surface area contributed by atoms with Crippen LogP contribution in [0.15, 0.2) is 78.3 Å². The average molecular weight is 923 g/mol. The molecule has 20 heteroatoms. The molecule has 4 N–H and O–H groups in total. The maximum Gasteiger partial charge on any atom is 0.320 e. The first-order valence-corrected chi connectivity index (χ1v) is 20.3. The van der Waals surface area contributed by atoms with Gasteiger partial charge < -0.3 is 40.0 Å². The third-order valence-corrected chi connectivity index (χ3v) is 10.3. The van der Waals surface area contributed by atoms with E-state index in [0.29, 0.717) is 82.5 Å². The first-order chi connectivity index (χ1) is 30.8. The van der Waals surface area contributed by atoms with Crippen molar-refractivity contribution in [2.45, 2.75) is 33.0 Å². The molecule has 4 aromatic carbocycles. The van der Waals surface area contributed by atoms with Gasteiger partial charge in [0.25, 0.3) is 5.91 Å². The number of amides is 1. The number of nitrogens with zero attached hydrogens (tertiary/aromatic N) is 6. The Morgan fingerprint density at radius 3 is 1.80 bits per heavy atom. The van der Waals surface area contributed by atoms with Crippen LogP contribution in [0.4, 0.5) is 31.8 Å². The number of hydrogen-bond acceptors (Lipinski definition) is 14. The van der Waals surface area contributed by atoms with Gasteiger partial charge in [-0.3, -0.25) is 19.5 Å². The molecule has 6 rings (SSSR count). The summed E-state index contributed by atoms with van der Waals surface area (Å²) < 4.78 is 49.8. The fourth-order valence-electron chi connectivity index (χ4n) is 6.23. The summed E-state index contributed by atoms with van der Waals surface area (Å²) in [6, 6.07) is 15.6. The molecule has 0 aliphatic carbocycles. The van der Waals surface area contributed by atoms with E-state index < -0.39 is 23.6 Å². The molecule has 0 radical (unpaired) electrons. The average Bonchev–Trinajstić information content (AvgIpc) is 3.29. The number of methoxy groups -OCH3 is 4. The lowest BCUT2D eigenvalue weighted by atomic mass is 10.1. The van der Waals surface area contributed by atoms with Crippen LogP contribution in [0.3, 0.4) is 0 Å². The fourth-order valence-corrected chi connectivity index (χ4v) is 6.58. The van der Waals surface area contributed by atoms with Crippen molar-refractivity contribution in [1.82, 2.24) is 30.2 Å². The topological polar surface area (TPSA) is 195 Å². The van der Waals surface area contributed by atoms with Crippen molar-refractivity contribution in [3.05, 3.63) is 106 Å². The number of aliphatic carboxylic acids is 1. The molecule has 0 unspecified atom stereocenters. The van der Waals surface area contributed by atoms with Gasteiger partial charge in [0.1, 0.15) is 41.8 Å². The van der Waals surface area contributed by atoms with Crippen molar-refractivity contribution in [3.8, 4) is 11.5 Å². The molecule has 1 amide bonds. The van der Waals surface area contributed by atoms with Crippen molar-refractivity contribution >= 4 is 85.6 Å². The zero-order valence-corrected chi connectivity index (χ0v) is 37.4. The van der Waals surface area contributed by atoms with Gasteiger partial charge in [0.05, 0.1) is 72.1 Å². The van der Waals surface area contributed by atoms with Crippen LogP contribution >= 0.6 is 23.2 Å². The zero-order chi connectivity index (χ0) is 46.3. The van der Waals surface area contributed by atoms with E-state index in [9.17, 15) is 23.5 Å². The van der Waals surface area contributed by atoms with E-state index in [1.54, 1.807) is 75.4 Å². The molecule has 0 saturated carbocycles. The Balaban J connectivity index is 0.000000241. The number of nitrogens with one attached hydrogen (secondary N) is 3. The van der Waals surface area contributed by atoms with E-state index >= 15 is 0 Å². The lowest BCUT2D eigenvalue weighted by molar-refractivity contribution is -0.143. The van der Waals surface area contributed by atoms with Gasteiger partial charge in [0.15, 0.2) is 11.6 Å². The molecule has 0 bridgehead atoms. The summed E-state index contributed by atoms with van der Waals surface area (Å²) in [5.41, 5.74) is 3.32. The van der Waals surface area contributed by atoms with E-state index in [4.69, 9.17) is 42.1 Å². The van der Waals surface area contributed by atoms with Crippen molar-refractivity contribution < 1.29 is 42.4 Å². The molecule has 0 fully saturated rings. The Morgan fingerprint density at radius 2 is 1.30 bits per heavy atom. The maximum absolute atomic E-state index is 14.4. The highest BCUT2D eigenvalue weighted by atomic mass is 35.5. The minimum absolute atomic E-state index is 0.000894. The third kappa shape index (κ3) is 12.4. The Bertz CT molecular complexity index is 2630. The molecule has 16 nitrogen and oxygen atoms in total. The number of carbonyl (C=O) groups is 2. The standard InChI is InChI=1S/C22H23ClFN5O3.C22H24ClFN4O4/c1-13(25-7-8-31-2)22(30)26-11-14-9-15-18(10-19(14)32-3)27-12-28-21(15)29-17-6-4-5-16(23)20(17)24;1-13(22(29)30)28(7-8-31-2)11-14-9-15-18(10-19(14)32-3)25-12-26-21(15)27-17-6-4-5-16(23)20(17)24/h4-6,9-10,12H,7-8,11H2,1-3H3,(H,26,30)(H,27,28,29);4-6,9-10,12-13H,7-8,11H2,1-3H3,(H,29,30)(H,25,26,27)/t;13-/m.1/s1. The lowest BCUT2D eigenvalue weighted by Crippen LogP contribution is -2.40. The Labute approximate surface area is 378 Å². The zero-order valence-electron chi connectivity index (χ0n) is 35.8. The minimum Gasteiger partial charge on any atom is -0.496 e. The second kappa shape index (κ2) is 23.4. The smallest absolute Gasteiger partial charge is 0.320 e. The highest BCUT2D eigenvalue weighted by Gasteiger charge is 2.23. The summed E-state index contributed by atoms with van der Waals surface area (Å²) in [4.78, 5) is 46.9. The van der Waals surface area contributed by atoms with Crippen molar-refractivity contribution in [2.75, 3.05) is 65.4 Å². The molecule has 338 valence electrons. The number of benzene rings is 4. The molecule has 0 aliphatic rings. The number of ether oxygens (including phenoxy) is 4. The van der Waals surface area contributed by atoms with Crippen LogP contribution in [0.25, 0.3) is 21.8 Å². The van der Waals surface area contributed by atoms with E-state index in [1.165, 1.54) is 39.0 Å². The molecule has 2 heterocycles. The van der Waals surface area contributed by atoms with Crippen LogP contribution in [0.5, 0.6) is 11.5 Å². The number of aromatic nitrogens is 4. The van der Waals surface area contributed by atoms with Crippen molar-refractivity contribution in [3.63, 3.8) is 0 Å². The van der Waals surface area contributed by atoms with Gasteiger partial charge in [-0.05, 0) is 50.2 Å². The fraction of sp³-hybridized carbons (Fsp3) is 0.295.